The zero-order valence-corrected chi connectivity index (χ0v) is 16.2. The normalized spacial score (nSPS) is 14.0. The first-order valence-electron chi connectivity index (χ1n) is 9.09. The van der Waals surface area contributed by atoms with Crippen LogP contribution in [0.3, 0.4) is 0 Å². The smallest absolute Gasteiger partial charge is 0.273 e. The van der Waals surface area contributed by atoms with Crippen molar-refractivity contribution in [3.63, 3.8) is 0 Å². The quantitative estimate of drug-likeness (QED) is 0.664. The highest BCUT2D eigenvalue weighted by atomic mass is 35.5. The van der Waals surface area contributed by atoms with Crippen molar-refractivity contribution >= 4 is 29.1 Å². The Kier molecular flexibility index (Phi) is 5.59. The summed E-state index contributed by atoms with van der Waals surface area (Å²) in [5, 5.41) is 14.4. The summed E-state index contributed by atoms with van der Waals surface area (Å²) in [5.74, 6) is -0.390. The highest BCUT2D eigenvalue weighted by Gasteiger charge is 2.18. The molecule has 1 saturated heterocycles. The fraction of sp³-hybridized carbons (Fsp3) is 0.263. The molecule has 0 spiro atoms. The van der Waals surface area contributed by atoms with Gasteiger partial charge < -0.3 is 15.0 Å². The Morgan fingerprint density at radius 3 is 2.86 bits per heavy atom. The number of nitrogens with one attached hydrogen (secondary N) is 2. The molecule has 0 saturated carbocycles. The molecular formula is C19H19ClN6O3. The molecule has 0 aliphatic carbocycles. The zero-order chi connectivity index (χ0) is 20.2. The molecule has 3 aromatic rings. The number of carbonyl (C=O) groups excluding carboxylic acids is 2. The lowest BCUT2D eigenvalue weighted by Crippen LogP contribution is -2.42. The molecular weight excluding hydrogens is 396 g/mol. The van der Waals surface area contributed by atoms with Gasteiger partial charge in [-0.15, -0.1) is 0 Å². The summed E-state index contributed by atoms with van der Waals surface area (Å²) in [7, 11) is 0. The molecule has 2 N–H and O–H groups in total. The van der Waals surface area contributed by atoms with E-state index in [1.165, 1.54) is 10.9 Å². The second-order valence-corrected chi connectivity index (χ2v) is 6.99. The minimum Gasteiger partial charge on any atom is -0.378 e. The second-order valence-electron chi connectivity index (χ2n) is 6.55. The van der Waals surface area contributed by atoms with Gasteiger partial charge in [0.05, 0.1) is 30.8 Å². The first-order valence-corrected chi connectivity index (χ1v) is 9.47. The van der Waals surface area contributed by atoms with Gasteiger partial charge in [-0.25, -0.2) is 0 Å². The summed E-state index contributed by atoms with van der Waals surface area (Å²) >= 11 is 6.00. The molecule has 2 amide bonds. The molecule has 29 heavy (non-hydrogen) atoms. The number of ether oxygens (including phenoxy) is 1. The number of H-pyrrole nitrogens is 1. The van der Waals surface area contributed by atoms with E-state index in [1.807, 2.05) is 12.1 Å². The van der Waals surface area contributed by atoms with Crippen LogP contribution in [-0.4, -0.2) is 63.0 Å². The summed E-state index contributed by atoms with van der Waals surface area (Å²) in [6.45, 7) is 2.37. The molecule has 0 unspecified atom stereocenters. The van der Waals surface area contributed by atoms with Crippen LogP contribution in [0.1, 0.15) is 10.5 Å². The van der Waals surface area contributed by atoms with Crippen LogP contribution in [0.5, 0.6) is 0 Å². The SMILES string of the molecule is O=C(Nc1cnn(CC(=O)N2CCOCC2)c1)c1cc(-c2cccc(Cl)c2)n[nH]1. The summed E-state index contributed by atoms with van der Waals surface area (Å²) < 4.78 is 6.75. The number of hydrogen-bond donors (Lipinski definition) is 2. The van der Waals surface area contributed by atoms with Gasteiger partial charge in [0.2, 0.25) is 5.91 Å². The Morgan fingerprint density at radius 1 is 1.24 bits per heavy atom. The maximum absolute atomic E-state index is 12.5. The molecule has 10 heteroatoms. The third-order valence-corrected chi connectivity index (χ3v) is 4.73. The van der Waals surface area contributed by atoms with E-state index in [1.54, 1.807) is 29.3 Å². The molecule has 1 fully saturated rings. The molecule has 1 aliphatic heterocycles. The van der Waals surface area contributed by atoms with Crippen LogP contribution < -0.4 is 5.32 Å². The molecule has 4 rings (SSSR count). The molecule has 150 valence electrons. The van der Waals surface area contributed by atoms with Gasteiger partial charge in [-0.05, 0) is 18.2 Å². The van der Waals surface area contributed by atoms with Crippen molar-refractivity contribution in [2.45, 2.75) is 6.54 Å². The molecule has 9 nitrogen and oxygen atoms in total. The standard InChI is InChI=1S/C19H19ClN6O3/c20-14-3-1-2-13(8-14)16-9-17(24-23-16)19(28)22-15-10-21-26(11-15)12-18(27)25-4-6-29-7-5-25/h1-3,8-11H,4-7,12H2,(H,22,28)(H,23,24). The number of halogens is 1. The Labute approximate surface area is 171 Å². The first kappa shape index (κ1) is 19.2. The van der Waals surface area contributed by atoms with Crippen LogP contribution in [0.4, 0.5) is 5.69 Å². The maximum Gasteiger partial charge on any atom is 0.273 e. The number of anilines is 1. The summed E-state index contributed by atoms with van der Waals surface area (Å²) in [6, 6.07) is 8.87. The van der Waals surface area contributed by atoms with Crippen LogP contribution in [0.2, 0.25) is 5.02 Å². The Balaban J connectivity index is 1.37. The minimum atomic E-state index is -0.357. The van der Waals surface area contributed by atoms with E-state index in [4.69, 9.17) is 16.3 Å². The third kappa shape index (κ3) is 4.64. The Hall–Kier alpha value is -3.17. The average molecular weight is 415 g/mol. The van der Waals surface area contributed by atoms with Crippen LogP contribution in [0, 0.1) is 0 Å². The fourth-order valence-corrected chi connectivity index (χ4v) is 3.19. The van der Waals surface area contributed by atoms with Crippen molar-refractivity contribution in [1.29, 1.82) is 0 Å². The molecule has 1 aliphatic rings. The van der Waals surface area contributed by atoms with E-state index in [9.17, 15) is 9.59 Å². The fourth-order valence-electron chi connectivity index (χ4n) is 3.00. The zero-order valence-electron chi connectivity index (χ0n) is 15.5. The van der Waals surface area contributed by atoms with Crippen LogP contribution in [0.25, 0.3) is 11.3 Å². The lowest BCUT2D eigenvalue weighted by atomic mass is 10.1. The number of morpholine rings is 1. The van der Waals surface area contributed by atoms with Crippen LogP contribution >= 0.6 is 11.6 Å². The predicted octanol–water partition coefficient (Wildman–Crippen LogP) is 2.04. The number of nitrogens with zero attached hydrogens (tertiary/aromatic N) is 4. The molecule has 2 aromatic heterocycles. The number of amides is 2. The van der Waals surface area contributed by atoms with Gasteiger partial charge in [-0.1, -0.05) is 23.7 Å². The van der Waals surface area contributed by atoms with Gasteiger partial charge in [0.25, 0.3) is 5.91 Å². The minimum absolute atomic E-state index is 0.0333. The maximum atomic E-state index is 12.5. The molecule has 0 bridgehead atoms. The number of aromatic amines is 1. The van der Waals surface area contributed by atoms with E-state index >= 15 is 0 Å². The van der Waals surface area contributed by atoms with E-state index < -0.39 is 0 Å². The Bertz CT molecular complexity index is 1020. The van der Waals surface area contributed by atoms with Gasteiger partial charge in [-0.3, -0.25) is 19.4 Å². The van der Waals surface area contributed by atoms with E-state index in [-0.39, 0.29) is 18.4 Å². The molecule has 3 heterocycles. The molecule has 0 radical (unpaired) electrons. The molecule has 1 aromatic carbocycles. The van der Waals surface area contributed by atoms with Gasteiger partial charge in [0, 0.05) is 29.9 Å². The van der Waals surface area contributed by atoms with E-state index in [2.05, 4.69) is 20.6 Å². The van der Waals surface area contributed by atoms with Crippen molar-refractivity contribution in [1.82, 2.24) is 24.9 Å². The van der Waals surface area contributed by atoms with Crippen molar-refractivity contribution in [2.75, 3.05) is 31.6 Å². The van der Waals surface area contributed by atoms with Gasteiger partial charge in [-0.2, -0.15) is 10.2 Å². The Morgan fingerprint density at radius 2 is 2.07 bits per heavy atom. The largest absolute Gasteiger partial charge is 0.378 e. The number of hydrogen-bond acceptors (Lipinski definition) is 5. The monoisotopic (exact) mass is 414 g/mol. The van der Waals surface area contributed by atoms with Gasteiger partial charge in [0.15, 0.2) is 0 Å². The van der Waals surface area contributed by atoms with Crippen LogP contribution in [-0.2, 0) is 16.1 Å². The second kappa shape index (κ2) is 8.46. The van der Waals surface area contributed by atoms with Crippen molar-refractivity contribution < 1.29 is 14.3 Å². The number of rotatable bonds is 5. The van der Waals surface area contributed by atoms with E-state index in [0.717, 1.165) is 5.56 Å². The summed E-state index contributed by atoms with van der Waals surface area (Å²) in [5.41, 5.74) is 2.22. The first-order chi connectivity index (χ1) is 14.1. The van der Waals surface area contributed by atoms with Crippen molar-refractivity contribution in [3.8, 4) is 11.3 Å². The van der Waals surface area contributed by atoms with E-state index in [0.29, 0.717) is 48.4 Å². The highest BCUT2D eigenvalue weighted by molar-refractivity contribution is 6.30. The number of aromatic nitrogens is 4. The highest BCUT2D eigenvalue weighted by Crippen LogP contribution is 2.21. The summed E-state index contributed by atoms with van der Waals surface area (Å²) in [6.07, 6.45) is 3.11. The van der Waals surface area contributed by atoms with Crippen molar-refractivity contribution in [2.24, 2.45) is 0 Å². The number of benzene rings is 1. The third-order valence-electron chi connectivity index (χ3n) is 4.50. The predicted molar refractivity (Wildman–Crippen MR) is 107 cm³/mol. The molecule has 0 atom stereocenters. The topological polar surface area (TPSA) is 105 Å². The lowest BCUT2D eigenvalue weighted by Gasteiger charge is -2.26. The van der Waals surface area contributed by atoms with Crippen molar-refractivity contribution in [3.05, 3.63) is 53.4 Å². The summed E-state index contributed by atoms with van der Waals surface area (Å²) in [4.78, 5) is 26.5. The van der Waals surface area contributed by atoms with Crippen LogP contribution in [0.15, 0.2) is 42.7 Å². The van der Waals surface area contributed by atoms with Gasteiger partial charge >= 0.3 is 0 Å². The lowest BCUT2D eigenvalue weighted by molar-refractivity contribution is -0.136. The van der Waals surface area contributed by atoms with Gasteiger partial charge in [0.1, 0.15) is 12.2 Å². The number of carbonyl (C=O) groups is 2. The average Bonchev–Trinajstić information content (AvgIpc) is 3.38.